The van der Waals surface area contributed by atoms with E-state index in [4.69, 9.17) is 4.74 Å². The van der Waals surface area contributed by atoms with E-state index in [0.29, 0.717) is 18.1 Å². The number of ether oxygens (including phenoxy) is 1. The Kier molecular flexibility index (Phi) is 9.90. The molecule has 0 bridgehead atoms. The number of morpholine rings is 1. The molecule has 0 aromatic carbocycles. The van der Waals surface area contributed by atoms with Crippen LogP contribution in [0.2, 0.25) is 0 Å². The fourth-order valence-corrected chi connectivity index (χ4v) is 4.10. The maximum Gasteiger partial charge on any atom is 0.222 e. The van der Waals surface area contributed by atoms with Gasteiger partial charge in [0.1, 0.15) is 0 Å². The minimum Gasteiger partial charge on any atom is -0.376 e. The number of carbonyl (C=O) groups excluding carboxylic acids is 1. The van der Waals surface area contributed by atoms with Gasteiger partial charge in [0, 0.05) is 38.6 Å². The summed E-state index contributed by atoms with van der Waals surface area (Å²) in [5, 5.41) is 3.38. The Balaban J connectivity index is 0.00000144. The Labute approximate surface area is 158 Å². The number of likely N-dealkylation sites (tertiary alicyclic amines) is 1. The molecular weight excluding hydrogens is 349 g/mol. The second-order valence-electron chi connectivity index (χ2n) is 7.19. The van der Waals surface area contributed by atoms with Gasteiger partial charge in [-0.15, -0.1) is 24.8 Å². The van der Waals surface area contributed by atoms with E-state index in [-0.39, 0.29) is 24.8 Å². The number of hydrogen-bond acceptors (Lipinski definition) is 4. The normalized spacial score (nSPS) is 29.0. The number of amides is 1. The number of piperidine rings is 1. The molecule has 3 aliphatic rings. The highest BCUT2D eigenvalue weighted by Gasteiger charge is 2.29. The third-order valence-corrected chi connectivity index (χ3v) is 5.53. The summed E-state index contributed by atoms with van der Waals surface area (Å²) >= 11 is 0. The summed E-state index contributed by atoms with van der Waals surface area (Å²) < 4.78 is 5.63. The largest absolute Gasteiger partial charge is 0.376 e. The number of hydrogen-bond donors (Lipinski definition) is 1. The molecule has 0 saturated carbocycles. The molecule has 7 heteroatoms. The average Bonchev–Trinajstić information content (AvgIpc) is 3.06. The first-order valence-electron chi connectivity index (χ1n) is 9.06. The molecule has 3 saturated heterocycles. The summed E-state index contributed by atoms with van der Waals surface area (Å²) in [4.78, 5) is 17.0. The molecule has 0 aliphatic carbocycles. The highest BCUT2D eigenvalue weighted by Crippen LogP contribution is 2.21. The molecule has 3 rings (SSSR count). The monoisotopic (exact) mass is 381 g/mol. The third-order valence-electron chi connectivity index (χ3n) is 5.53. The molecule has 24 heavy (non-hydrogen) atoms. The number of halogens is 2. The van der Waals surface area contributed by atoms with Crippen molar-refractivity contribution in [2.24, 2.45) is 5.92 Å². The maximum atomic E-state index is 12.4. The molecule has 2 atom stereocenters. The second kappa shape index (κ2) is 10.8. The van der Waals surface area contributed by atoms with E-state index in [2.05, 4.69) is 22.0 Å². The van der Waals surface area contributed by atoms with Crippen LogP contribution in [0.15, 0.2) is 0 Å². The zero-order valence-corrected chi connectivity index (χ0v) is 16.4. The topological polar surface area (TPSA) is 44.8 Å². The fourth-order valence-electron chi connectivity index (χ4n) is 4.10. The molecule has 1 N–H and O–H groups in total. The first-order chi connectivity index (χ1) is 10.7. The molecule has 0 aromatic heterocycles. The Bertz CT molecular complexity index is 373. The molecule has 5 nitrogen and oxygen atoms in total. The van der Waals surface area contributed by atoms with Crippen molar-refractivity contribution in [2.45, 2.75) is 51.2 Å². The quantitative estimate of drug-likeness (QED) is 0.807. The van der Waals surface area contributed by atoms with Crippen LogP contribution in [0.1, 0.15) is 39.0 Å². The van der Waals surface area contributed by atoms with Crippen LogP contribution in [-0.2, 0) is 9.53 Å². The van der Waals surface area contributed by atoms with Gasteiger partial charge in [-0.05, 0) is 51.6 Å². The summed E-state index contributed by atoms with van der Waals surface area (Å²) in [6, 6.07) is 0.648. The van der Waals surface area contributed by atoms with Gasteiger partial charge in [-0.25, -0.2) is 0 Å². The molecule has 3 heterocycles. The van der Waals surface area contributed by atoms with Crippen molar-refractivity contribution in [3.05, 3.63) is 0 Å². The highest BCUT2D eigenvalue weighted by atomic mass is 35.5. The molecule has 2 unspecified atom stereocenters. The Hall–Kier alpha value is -0.0700. The number of nitrogens with zero attached hydrogens (tertiary/aromatic N) is 2. The van der Waals surface area contributed by atoms with Crippen LogP contribution < -0.4 is 5.32 Å². The van der Waals surface area contributed by atoms with Gasteiger partial charge in [-0.1, -0.05) is 0 Å². The van der Waals surface area contributed by atoms with Crippen LogP contribution in [0.4, 0.5) is 0 Å². The lowest BCUT2D eigenvalue weighted by molar-refractivity contribution is -0.133. The van der Waals surface area contributed by atoms with Gasteiger partial charge in [0.2, 0.25) is 5.91 Å². The Morgan fingerprint density at radius 2 is 1.92 bits per heavy atom. The van der Waals surface area contributed by atoms with Gasteiger partial charge >= 0.3 is 0 Å². The summed E-state index contributed by atoms with van der Waals surface area (Å²) in [5.41, 5.74) is 0. The molecule has 0 radical (unpaired) electrons. The van der Waals surface area contributed by atoms with E-state index in [1.807, 2.05) is 0 Å². The zero-order valence-electron chi connectivity index (χ0n) is 14.7. The molecule has 142 valence electrons. The minimum atomic E-state index is 0. The SMILES string of the molecule is CC1CN(C2CCN(C(=O)CCC3CCNC3)CC2)CCO1.Cl.Cl. The molecule has 0 aromatic rings. The first-order valence-corrected chi connectivity index (χ1v) is 9.06. The van der Waals surface area contributed by atoms with Crippen LogP contribution in [-0.4, -0.2) is 73.7 Å². The third kappa shape index (κ3) is 6.03. The lowest BCUT2D eigenvalue weighted by atomic mass is 9.99. The van der Waals surface area contributed by atoms with E-state index >= 15 is 0 Å². The van der Waals surface area contributed by atoms with E-state index in [9.17, 15) is 4.79 Å². The summed E-state index contributed by atoms with van der Waals surface area (Å²) in [7, 11) is 0. The summed E-state index contributed by atoms with van der Waals surface area (Å²) in [5.74, 6) is 1.09. The van der Waals surface area contributed by atoms with Crippen molar-refractivity contribution < 1.29 is 9.53 Å². The van der Waals surface area contributed by atoms with Crippen LogP contribution in [0.25, 0.3) is 0 Å². The first kappa shape index (κ1) is 22.0. The van der Waals surface area contributed by atoms with E-state index < -0.39 is 0 Å². The van der Waals surface area contributed by atoms with Gasteiger partial charge in [0.25, 0.3) is 0 Å². The fraction of sp³-hybridized carbons (Fsp3) is 0.941. The van der Waals surface area contributed by atoms with E-state index in [0.717, 1.165) is 77.5 Å². The van der Waals surface area contributed by atoms with Crippen LogP contribution in [0.5, 0.6) is 0 Å². The van der Waals surface area contributed by atoms with Crippen molar-refractivity contribution in [3.63, 3.8) is 0 Å². The molecular formula is C17H33Cl2N3O2. The summed E-state index contributed by atoms with van der Waals surface area (Å²) in [6.45, 7) is 9.23. The van der Waals surface area contributed by atoms with Crippen LogP contribution >= 0.6 is 24.8 Å². The van der Waals surface area contributed by atoms with Gasteiger partial charge in [-0.3, -0.25) is 9.69 Å². The predicted molar refractivity (Wildman–Crippen MR) is 101 cm³/mol. The number of rotatable bonds is 4. The predicted octanol–water partition coefficient (Wildman–Crippen LogP) is 1.93. The lowest BCUT2D eigenvalue weighted by Gasteiger charge is -2.41. The second-order valence-corrected chi connectivity index (χ2v) is 7.19. The Morgan fingerprint density at radius 3 is 2.54 bits per heavy atom. The Morgan fingerprint density at radius 1 is 1.17 bits per heavy atom. The van der Waals surface area contributed by atoms with Crippen LogP contribution in [0.3, 0.4) is 0 Å². The average molecular weight is 382 g/mol. The molecule has 3 aliphatic heterocycles. The molecule has 3 fully saturated rings. The molecule has 0 spiro atoms. The zero-order chi connectivity index (χ0) is 15.4. The maximum absolute atomic E-state index is 12.4. The van der Waals surface area contributed by atoms with Crippen molar-refractivity contribution in [1.29, 1.82) is 0 Å². The van der Waals surface area contributed by atoms with Gasteiger partial charge in [-0.2, -0.15) is 0 Å². The standard InChI is InChI=1S/C17H31N3O2.2ClH/c1-14-13-20(10-11-22-14)16-5-8-19(9-6-16)17(21)3-2-15-4-7-18-12-15;;/h14-16,18H,2-13H2,1H3;2*1H. The van der Waals surface area contributed by atoms with Crippen molar-refractivity contribution in [1.82, 2.24) is 15.1 Å². The van der Waals surface area contributed by atoms with Crippen molar-refractivity contribution in [3.8, 4) is 0 Å². The molecule has 1 amide bonds. The number of nitrogens with one attached hydrogen (secondary N) is 1. The van der Waals surface area contributed by atoms with Gasteiger partial charge < -0.3 is 15.0 Å². The lowest BCUT2D eigenvalue weighted by Crippen LogP contribution is -2.51. The van der Waals surface area contributed by atoms with E-state index in [1.54, 1.807) is 0 Å². The number of carbonyl (C=O) groups is 1. The van der Waals surface area contributed by atoms with Crippen molar-refractivity contribution >= 4 is 30.7 Å². The minimum absolute atomic E-state index is 0. The van der Waals surface area contributed by atoms with Gasteiger partial charge in [0.15, 0.2) is 0 Å². The van der Waals surface area contributed by atoms with Crippen molar-refractivity contribution in [2.75, 3.05) is 45.9 Å². The van der Waals surface area contributed by atoms with Gasteiger partial charge in [0.05, 0.1) is 12.7 Å². The summed E-state index contributed by atoms with van der Waals surface area (Å²) in [6.07, 6.45) is 5.66. The highest BCUT2D eigenvalue weighted by molar-refractivity contribution is 5.85. The van der Waals surface area contributed by atoms with Crippen LogP contribution in [0, 0.1) is 5.92 Å². The smallest absolute Gasteiger partial charge is 0.222 e. The van der Waals surface area contributed by atoms with E-state index in [1.165, 1.54) is 6.42 Å².